The monoisotopic (exact) mass is 476 g/mol. The number of halogens is 4. The van der Waals surface area contributed by atoms with E-state index in [-0.39, 0.29) is 35.3 Å². The van der Waals surface area contributed by atoms with Gasteiger partial charge in [-0.25, -0.2) is 15.0 Å². The number of benzene rings is 1. The number of hydrogen-bond donors (Lipinski definition) is 1. The van der Waals surface area contributed by atoms with Crippen LogP contribution in [0.1, 0.15) is 33.4 Å². The van der Waals surface area contributed by atoms with E-state index in [1.807, 2.05) is 0 Å². The molecule has 33 heavy (non-hydrogen) atoms. The molecule has 1 aliphatic heterocycles. The van der Waals surface area contributed by atoms with Crippen molar-refractivity contribution in [2.24, 2.45) is 0 Å². The zero-order valence-corrected chi connectivity index (χ0v) is 17.9. The maximum absolute atomic E-state index is 13.4. The van der Waals surface area contributed by atoms with Gasteiger partial charge in [-0.1, -0.05) is 17.7 Å². The van der Waals surface area contributed by atoms with Gasteiger partial charge in [0.25, 0.3) is 5.91 Å². The predicted octanol–water partition coefficient (Wildman–Crippen LogP) is 3.88. The third kappa shape index (κ3) is 3.53. The van der Waals surface area contributed by atoms with Crippen molar-refractivity contribution < 1.29 is 22.7 Å². The molecule has 0 saturated carbocycles. The lowest BCUT2D eigenvalue weighted by Gasteiger charge is -2.33. The van der Waals surface area contributed by atoms with Crippen LogP contribution in [0.3, 0.4) is 0 Å². The van der Waals surface area contributed by atoms with Crippen LogP contribution in [-0.2, 0) is 17.5 Å². The third-order valence-electron chi connectivity index (χ3n) is 5.66. The number of rotatable bonds is 2. The number of imidazole rings is 1. The maximum Gasteiger partial charge on any atom is 0.433 e. The van der Waals surface area contributed by atoms with Crippen molar-refractivity contribution in [2.45, 2.75) is 18.8 Å². The molecule has 2 N–H and O–H groups in total. The molecule has 0 saturated heterocycles. The number of ether oxygens (including phenoxy) is 1. The molecular weight excluding hydrogens is 461 g/mol. The van der Waals surface area contributed by atoms with E-state index in [0.29, 0.717) is 22.1 Å². The Kier molecular flexibility index (Phi) is 4.91. The molecule has 5 rings (SSSR count). The lowest BCUT2D eigenvalue weighted by atomic mass is 10.0. The van der Waals surface area contributed by atoms with E-state index in [4.69, 9.17) is 22.1 Å². The van der Waals surface area contributed by atoms with Crippen LogP contribution in [0.4, 0.5) is 19.0 Å². The molecule has 0 bridgehead atoms. The van der Waals surface area contributed by atoms with Crippen molar-refractivity contribution in [1.29, 1.82) is 0 Å². The van der Waals surface area contributed by atoms with Crippen molar-refractivity contribution in [2.75, 3.05) is 19.4 Å². The average Bonchev–Trinajstić information content (AvgIpc) is 3.27. The molecule has 0 aliphatic carbocycles. The highest BCUT2D eigenvalue weighted by Crippen LogP contribution is 2.34. The molecule has 1 amide bonds. The molecule has 12 heteroatoms. The van der Waals surface area contributed by atoms with E-state index in [1.165, 1.54) is 24.1 Å². The summed E-state index contributed by atoms with van der Waals surface area (Å²) < 4.78 is 46.3. The first-order valence-corrected chi connectivity index (χ1v) is 10.2. The Bertz CT molecular complexity index is 1420. The molecule has 8 nitrogen and oxygen atoms in total. The number of carbonyl (C=O) groups is 1. The number of likely N-dealkylation sites (N-methyl/N-ethyl adjacent to an activating group) is 1. The number of aromatic nitrogens is 4. The second-order valence-corrected chi connectivity index (χ2v) is 8.05. The Hall–Kier alpha value is -3.44. The number of hydrogen-bond acceptors (Lipinski definition) is 6. The van der Waals surface area contributed by atoms with Gasteiger partial charge in [0, 0.05) is 12.6 Å². The van der Waals surface area contributed by atoms with Gasteiger partial charge in [0.15, 0.2) is 0 Å². The highest BCUT2D eigenvalue weighted by atomic mass is 35.5. The first-order chi connectivity index (χ1) is 15.6. The van der Waals surface area contributed by atoms with Gasteiger partial charge < -0.3 is 15.4 Å². The third-order valence-corrected chi connectivity index (χ3v) is 5.97. The number of nitrogen functional groups attached to an aromatic ring is 1. The van der Waals surface area contributed by atoms with Crippen LogP contribution in [0.2, 0.25) is 5.02 Å². The summed E-state index contributed by atoms with van der Waals surface area (Å²) in [7, 11) is 1.54. The summed E-state index contributed by atoms with van der Waals surface area (Å²) in [6.07, 6.45) is -1.46. The average molecular weight is 477 g/mol. The van der Waals surface area contributed by atoms with Gasteiger partial charge in [0.05, 0.1) is 59.1 Å². The van der Waals surface area contributed by atoms with Crippen LogP contribution in [-0.4, -0.2) is 43.8 Å². The molecule has 4 heterocycles. The number of fused-ring (bicyclic) bond motifs is 4. The summed E-state index contributed by atoms with van der Waals surface area (Å²) in [6.45, 7) is 0.0392. The van der Waals surface area contributed by atoms with Crippen molar-refractivity contribution >= 4 is 39.9 Å². The molecule has 0 spiro atoms. The fourth-order valence-electron chi connectivity index (χ4n) is 3.96. The molecule has 0 radical (unpaired) electrons. The minimum Gasteiger partial charge on any atom is -0.382 e. The lowest BCUT2D eigenvalue weighted by Crippen LogP contribution is -2.37. The molecule has 0 fully saturated rings. The number of pyridine rings is 1. The quantitative estimate of drug-likeness (QED) is 0.471. The highest BCUT2D eigenvalue weighted by molar-refractivity contribution is 6.34. The van der Waals surface area contributed by atoms with Gasteiger partial charge in [-0.2, -0.15) is 13.2 Å². The highest BCUT2D eigenvalue weighted by Gasteiger charge is 2.36. The van der Waals surface area contributed by atoms with Gasteiger partial charge in [0.2, 0.25) is 0 Å². The largest absolute Gasteiger partial charge is 0.433 e. The first-order valence-electron chi connectivity index (χ1n) is 9.78. The van der Waals surface area contributed by atoms with Gasteiger partial charge in [-0.05, 0) is 18.2 Å². The molecule has 4 aromatic rings. The zero-order chi connectivity index (χ0) is 23.5. The van der Waals surface area contributed by atoms with Crippen LogP contribution in [0, 0.1) is 0 Å². The SMILES string of the molecule is CN(C(=O)c1cc2c(cc1Cl)nc(N)c1cncn12)C1COCc2nc(C(F)(F)F)ccc21. The van der Waals surface area contributed by atoms with E-state index in [2.05, 4.69) is 15.0 Å². The summed E-state index contributed by atoms with van der Waals surface area (Å²) >= 11 is 6.41. The normalized spacial score (nSPS) is 16.2. The van der Waals surface area contributed by atoms with E-state index >= 15 is 0 Å². The van der Waals surface area contributed by atoms with Crippen molar-refractivity contribution in [3.05, 3.63) is 64.3 Å². The van der Waals surface area contributed by atoms with E-state index < -0.39 is 23.8 Å². The Labute approximate surface area is 189 Å². The second-order valence-electron chi connectivity index (χ2n) is 7.64. The van der Waals surface area contributed by atoms with Crippen LogP contribution < -0.4 is 5.73 Å². The summed E-state index contributed by atoms with van der Waals surface area (Å²) in [5, 5.41) is 0.160. The Morgan fingerprint density at radius 2 is 2.06 bits per heavy atom. The van der Waals surface area contributed by atoms with Crippen molar-refractivity contribution in [1.82, 2.24) is 24.3 Å². The van der Waals surface area contributed by atoms with Gasteiger partial charge in [-0.15, -0.1) is 0 Å². The fraction of sp³-hybridized carbons (Fsp3) is 0.238. The Morgan fingerprint density at radius 3 is 2.82 bits per heavy atom. The van der Waals surface area contributed by atoms with Crippen LogP contribution in [0.5, 0.6) is 0 Å². The number of nitrogens with zero attached hydrogens (tertiary/aromatic N) is 5. The molecular formula is C21H16ClF3N6O2. The summed E-state index contributed by atoms with van der Waals surface area (Å²) in [5.41, 5.74) is 7.43. The number of anilines is 1. The van der Waals surface area contributed by atoms with Crippen LogP contribution >= 0.6 is 11.6 Å². The molecule has 1 aliphatic rings. The first kappa shape index (κ1) is 21.4. The van der Waals surface area contributed by atoms with E-state index in [0.717, 1.165) is 6.07 Å². The zero-order valence-electron chi connectivity index (χ0n) is 17.1. The number of nitrogens with two attached hydrogens (primary N) is 1. The van der Waals surface area contributed by atoms with Gasteiger partial charge >= 0.3 is 6.18 Å². The second kappa shape index (κ2) is 7.56. The molecule has 1 aromatic carbocycles. The van der Waals surface area contributed by atoms with Crippen molar-refractivity contribution in [3.63, 3.8) is 0 Å². The standard InChI is InChI=1S/C21H16ClF3N6O2/c1-30(17-8-33-7-14-10(17)2-3-18(28-14)21(23,24)25)20(32)11-4-15-13(5-12(11)22)29-19(26)16-6-27-9-31(15)16/h2-6,9,17H,7-8H2,1H3,(H2,26,29). The molecule has 3 aromatic heterocycles. The van der Waals surface area contributed by atoms with Crippen molar-refractivity contribution in [3.8, 4) is 0 Å². The molecule has 1 atom stereocenters. The smallest absolute Gasteiger partial charge is 0.382 e. The lowest BCUT2D eigenvalue weighted by molar-refractivity contribution is -0.141. The summed E-state index contributed by atoms with van der Waals surface area (Å²) in [6, 6.07) is 4.74. The number of amides is 1. The summed E-state index contributed by atoms with van der Waals surface area (Å²) in [4.78, 5) is 26.9. The predicted molar refractivity (Wildman–Crippen MR) is 114 cm³/mol. The van der Waals surface area contributed by atoms with Gasteiger partial charge in [0.1, 0.15) is 17.0 Å². The summed E-state index contributed by atoms with van der Waals surface area (Å²) in [5.74, 6) is -0.165. The topological polar surface area (TPSA) is 98.6 Å². The van der Waals surface area contributed by atoms with Gasteiger partial charge in [-0.3, -0.25) is 9.20 Å². The number of carbonyl (C=O) groups excluding carboxylic acids is 1. The Morgan fingerprint density at radius 1 is 1.27 bits per heavy atom. The molecule has 1 unspecified atom stereocenters. The van der Waals surface area contributed by atoms with E-state index in [9.17, 15) is 18.0 Å². The number of alkyl halides is 3. The van der Waals surface area contributed by atoms with Crippen LogP contribution in [0.25, 0.3) is 16.6 Å². The maximum atomic E-state index is 13.4. The fourth-order valence-corrected chi connectivity index (χ4v) is 4.20. The van der Waals surface area contributed by atoms with E-state index in [1.54, 1.807) is 23.0 Å². The van der Waals surface area contributed by atoms with Crippen LogP contribution in [0.15, 0.2) is 36.8 Å². The minimum atomic E-state index is -4.57. The Balaban J connectivity index is 1.54. The molecule has 170 valence electrons. The minimum absolute atomic E-state index is 0.0692.